The van der Waals surface area contributed by atoms with Crippen LogP contribution in [-0.4, -0.2) is 152 Å². The Morgan fingerprint density at radius 3 is 1.76 bits per heavy atom. The molecule has 5 aliphatic rings. The number of hydrogen-bond donors (Lipinski definition) is 5. The third-order valence-corrected chi connectivity index (χ3v) is 13.8. The zero-order valence-corrected chi connectivity index (χ0v) is 34.7. The highest BCUT2D eigenvalue weighted by Gasteiger charge is 2.55. The maximum absolute atomic E-state index is 12.9. The number of oxime groups is 2. The van der Waals surface area contributed by atoms with Crippen molar-refractivity contribution in [1.29, 1.82) is 0 Å². The van der Waals surface area contributed by atoms with Crippen LogP contribution in [0, 0.1) is 0 Å². The van der Waals surface area contributed by atoms with Crippen LogP contribution in [0.2, 0.25) is 0 Å². The molecule has 0 aliphatic carbocycles. The van der Waals surface area contributed by atoms with Crippen molar-refractivity contribution in [1.82, 2.24) is 30.4 Å². The van der Waals surface area contributed by atoms with E-state index in [-0.39, 0.29) is 44.5 Å². The number of rotatable bonds is 12. The van der Waals surface area contributed by atoms with Crippen LogP contribution >= 0.6 is 46.2 Å². The highest BCUT2D eigenvalue weighted by atomic mass is 32.2. The maximum Gasteiger partial charge on any atom is 0.352 e. The lowest BCUT2D eigenvalue weighted by Crippen LogP contribution is -2.71. The largest absolute Gasteiger partial charge is 0.543 e. The van der Waals surface area contributed by atoms with Gasteiger partial charge < -0.3 is 51.3 Å². The Labute approximate surface area is 347 Å². The molecule has 4 amide bonds. The monoisotopic (exact) mass is 877 g/mol. The molecule has 7 heterocycles. The van der Waals surface area contributed by atoms with Crippen LogP contribution in [0.3, 0.4) is 0 Å². The fourth-order valence-corrected chi connectivity index (χ4v) is 10.8. The van der Waals surface area contributed by atoms with Crippen molar-refractivity contribution in [3.63, 3.8) is 0 Å². The predicted octanol–water partition coefficient (Wildman–Crippen LogP) is -1.45. The van der Waals surface area contributed by atoms with E-state index in [1.165, 1.54) is 47.5 Å². The Morgan fingerprint density at radius 1 is 0.879 bits per heavy atom. The number of nitrogens with zero attached hydrogens (tertiary/aromatic N) is 7. The lowest BCUT2D eigenvalue weighted by Gasteiger charge is -2.51. The summed E-state index contributed by atoms with van der Waals surface area (Å²) in [6.07, 6.45) is 2.21. The third kappa shape index (κ3) is 8.34. The van der Waals surface area contributed by atoms with E-state index >= 15 is 0 Å². The van der Waals surface area contributed by atoms with E-state index in [0.29, 0.717) is 29.2 Å². The molecule has 25 heteroatoms. The number of nitrogens with two attached hydrogens (primary N) is 2. The van der Waals surface area contributed by atoms with Gasteiger partial charge >= 0.3 is 5.97 Å². The number of likely N-dealkylation sites (tertiary alicyclic amines) is 1. The van der Waals surface area contributed by atoms with Crippen LogP contribution in [-0.2, 0) is 38.4 Å². The number of aliphatic carboxylic acids is 2. The number of likely N-dealkylation sites (N-methyl/N-ethyl adjacent to an activating group) is 1. The molecule has 3 saturated heterocycles. The Hall–Kier alpha value is -5.24. The number of carboxylic acid groups (broad SMARTS) is 2. The van der Waals surface area contributed by atoms with Gasteiger partial charge in [-0.15, -0.1) is 46.2 Å². The molecule has 7 N–H and O–H groups in total. The van der Waals surface area contributed by atoms with Crippen LogP contribution in [0.1, 0.15) is 31.2 Å². The van der Waals surface area contributed by atoms with Gasteiger partial charge in [0.1, 0.15) is 60.7 Å². The van der Waals surface area contributed by atoms with Crippen molar-refractivity contribution in [3.05, 3.63) is 44.7 Å². The number of thioether (sulfide) groups is 2. The first-order valence-electron chi connectivity index (χ1n) is 17.4. The number of hydrogen-bond acceptors (Lipinski definition) is 19. The van der Waals surface area contributed by atoms with Crippen LogP contribution in [0.15, 0.2) is 43.6 Å². The molecule has 7 rings (SSSR count). The zero-order valence-electron chi connectivity index (χ0n) is 31.5. The summed E-state index contributed by atoms with van der Waals surface area (Å²) in [7, 11) is 4.67. The smallest absolute Gasteiger partial charge is 0.352 e. The Balaban J connectivity index is 0.000000200. The lowest BCUT2D eigenvalue weighted by molar-refractivity contribution is -0.893. The second-order valence-electron chi connectivity index (χ2n) is 13.7. The number of nitrogens with one attached hydrogen (secondary N) is 2. The summed E-state index contributed by atoms with van der Waals surface area (Å²) in [5.41, 5.74) is 12.7. The van der Waals surface area contributed by atoms with Crippen LogP contribution in [0.25, 0.3) is 0 Å². The van der Waals surface area contributed by atoms with E-state index < -0.39 is 58.4 Å². The third-order valence-electron chi connectivity index (χ3n) is 9.72. The standard InChI is InChI=1S/C19H24N6O5S2.C14H15N5O5S2/c1-25(5-3-4-6-25)7-10-8-31-17-13(16(27)24(17)14(10)18(28)29)22-15(26)12(23-30-2)11-9-32-19(20)21-11;1-5-3-25-12-8(11(21)19(12)9(5)13(22)23)17-10(20)7(18-24-2)6-4-26-14(15)16-6/h9,13,17H,3-8H2,1-2H3,(H3-,20,21,22,26,28,29);4,8,12H,3H2,1-2H3,(H2,15,16)(H,17,20)(H,22,23)/b23-12+;18-7+/t13-,17-;8-,12-/m11/s1. The van der Waals surface area contributed by atoms with E-state index in [0.717, 1.165) is 53.1 Å². The minimum Gasteiger partial charge on any atom is -0.543 e. The van der Waals surface area contributed by atoms with Gasteiger partial charge in [-0.1, -0.05) is 10.3 Å². The summed E-state index contributed by atoms with van der Waals surface area (Å²) in [5.74, 6) is -3.90. The number of β-lactam (4-membered cyclic amide) rings is 2. The van der Waals surface area contributed by atoms with E-state index in [1.807, 2.05) is 0 Å². The SMILES string of the molecule is CO/N=C(/C(=O)N[C@@H]1C(=O)N2C(C(=O)O)=C(C)CS[C@H]12)c1csc(N)n1.CO/N=C(/C(=O)N[C@@H]1C(=O)N2C(C(=O)[O-])=C(C[N+]3(C)CCCC3)CS[C@H]12)c1csc(N)n1. The minimum absolute atomic E-state index is 0.0256. The molecule has 0 spiro atoms. The summed E-state index contributed by atoms with van der Waals surface area (Å²) < 4.78 is 0.757. The number of amides is 4. The summed E-state index contributed by atoms with van der Waals surface area (Å²) >= 11 is 5.09. The molecule has 2 aromatic rings. The molecule has 21 nitrogen and oxygen atoms in total. The number of anilines is 2. The summed E-state index contributed by atoms with van der Waals surface area (Å²) in [6.45, 7) is 4.20. The molecule has 0 unspecified atom stereocenters. The quantitative estimate of drug-likeness (QED) is 0.0706. The van der Waals surface area contributed by atoms with Gasteiger partial charge in [-0.25, -0.2) is 14.8 Å². The summed E-state index contributed by atoms with van der Waals surface area (Å²) in [6, 6.07) is -1.74. The first-order chi connectivity index (χ1) is 27.6. The number of nitrogen functional groups attached to an aromatic ring is 2. The molecule has 0 saturated carbocycles. The van der Waals surface area contributed by atoms with Gasteiger partial charge in [0.05, 0.1) is 31.8 Å². The Kier molecular flexibility index (Phi) is 12.6. The van der Waals surface area contributed by atoms with Gasteiger partial charge in [-0.2, -0.15) is 0 Å². The van der Waals surface area contributed by atoms with Gasteiger partial charge in [0, 0.05) is 40.7 Å². The molecular formula is C33H39N11O10S4. The molecule has 5 aliphatic heterocycles. The molecule has 310 valence electrons. The molecule has 3 fully saturated rings. The van der Waals surface area contributed by atoms with Crippen LogP contribution in [0.5, 0.6) is 0 Å². The van der Waals surface area contributed by atoms with E-state index in [9.17, 15) is 39.0 Å². The van der Waals surface area contributed by atoms with Gasteiger partial charge in [0.25, 0.3) is 23.6 Å². The second kappa shape index (κ2) is 17.3. The first-order valence-corrected chi connectivity index (χ1v) is 21.3. The number of aromatic nitrogens is 2. The zero-order chi connectivity index (χ0) is 42.1. The topological polar surface area (TPSA) is 297 Å². The number of carboxylic acids is 2. The van der Waals surface area contributed by atoms with Crippen molar-refractivity contribution in [2.45, 2.75) is 42.6 Å². The normalized spacial score (nSPS) is 23.8. The second-order valence-corrected chi connectivity index (χ2v) is 17.7. The van der Waals surface area contributed by atoms with Crippen molar-refractivity contribution in [2.24, 2.45) is 10.3 Å². The lowest BCUT2D eigenvalue weighted by atomic mass is 10.0. The van der Waals surface area contributed by atoms with Crippen molar-refractivity contribution in [2.75, 3.05) is 63.9 Å². The molecule has 0 aromatic carbocycles. The highest BCUT2D eigenvalue weighted by molar-refractivity contribution is 8.00. The Bertz CT molecular complexity index is 2160. The number of thiazole rings is 2. The number of carbonyl (C=O) groups is 6. The summed E-state index contributed by atoms with van der Waals surface area (Å²) in [4.78, 5) is 93.9. The fraction of sp³-hybridized carbons (Fsp3) is 0.455. The Morgan fingerprint density at radius 2 is 1.34 bits per heavy atom. The fourth-order valence-electron chi connectivity index (χ4n) is 7.09. The van der Waals surface area contributed by atoms with Gasteiger partial charge in [0.2, 0.25) is 0 Å². The van der Waals surface area contributed by atoms with E-state index in [4.69, 9.17) is 16.3 Å². The molecule has 2 aromatic heterocycles. The van der Waals surface area contributed by atoms with Gasteiger partial charge in [0.15, 0.2) is 21.7 Å². The van der Waals surface area contributed by atoms with Crippen LogP contribution in [0.4, 0.5) is 10.3 Å². The van der Waals surface area contributed by atoms with E-state index in [1.54, 1.807) is 17.7 Å². The van der Waals surface area contributed by atoms with E-state index in [2.05, 4.69) is 42.8 Å². The number of carbonyl (C=O) groups excluding carboxylic acids is 5. The molecule has 58 heavy (non-hydrogen) atoms. The number of fused-ring (bicyclic) bond motifs is 2. The van der Waals surface area contributed by atoms with Crippen LogP contribution < -0.4 is 27.2 Å². The highest BCUT2D eigenvalue weighted by Crippen LogP contribution is 2.42. The van der Waals surface area contributed by atoms with Crippen molar-refractivity contribution < 1.29 is 53.1 Å². The first kappa shape index (κ1) is 42.4. The summed E-state index contributed by atoms with van der Waals surface area (Å²) in [5, 5.41) is 36.5. The maximum atomic E-state index is 12.9. The molecule has 0 radical (unpaired) electrons. The molecule has 0 bridgehead atoms. The van der Waals surface area contributed by atoms with Gasteiger partial charge in [-0.3, -0.25) is 29.0 Å². The molecular weight excluding hydrogens is 839 g/mol. The minimum atomic E-state index is -1.37. The van der Waals surface area contributed by atoms with Crippen molar-refractivity contribution >= 4 is 103 Å². The number of quaternary nitrogens is 1. The predicted molar refractivity (Wildman–Crippen MR) is 213 cm³/mol. The average molecular weight is 878 g/mol. The average Bonchev–Trinajstić information content (AvgIpc) is 3.94. The van der Waals surface area contributed by atoms with Crippen molar-refractivity contribution in [3.8, 4) is 0 Å². The molecule has 4 atom stereocenters. The van der Waals surface area contributed by atoms with Gasteiger partial charge in [-0.05, 0) is 12.5 Å².